The van der Waals surface area contributed by atoms with Crippen molar-refractivity contribution in [1.29, 1.82) is 0 Å². The summed E-state index contributed by atoms with van der Waals surface area (Å²) in [6.45, 7) is 6.18. The SMILES string of the molecule is CC.CC1(CCN)Oc2ccc([N+](=O)[O-])cc2O1. The van der Waals surface area contributed by atoms with Gasteiger partial charge in [-0.1, -0.05) is 13.8 Å². The fraction of sp³-hybridized carbons (Fsp3) is 0.500. The lowest BCUT2D eigenvalue weighted by Crippen LogP contribution is -2.36. The quantitative estimate of drug-likeness (QED) is 0.661. The molecule has 1 aliphatic rings. The lowest BCUT2D eigenvalue weighted by molar-refractivity contribution is -0.384. The molecule has 0 fully saturated rings. The van der Waals surface area contributed by atoms with Crippen LogP contribution >= 0.6 is 0 Å². The van der Waals surface area contributed by atoms with Crippen LogP contribution in [0.3, 0.4) is 0 Å². The number of nitro groups is 1. The third-order valence-corrected chi connectivity index (χ3v) is 2.39. The van der Waals surface area contributed by atoms with Crippen molar-refractivity contribution in [3.63, 3.8) is 0 Å². The van der Waals surface area contributed by atoms with Crippen LogP contribution in [0.2, 0.25) is 0 Å². The van der Waals surface area contributed by atoms with Crippen molar-refractivity contribution >= 4 is 5.69 Å². The molecule has 1 aromatic carbocycles. The molecule has 2 N–H and O–H groups in total. The Labute approximate surface area is 106 Å². The highest BCUT2D eigenvalue weighted by Crippen LogP contribution is 2.42. The molecule has 1 heterocycles. The second-order valence-electron chi connectivity index (χ2n) is 3.76. The number of fused-ring (bicyclic) bond motifs is 1. The normalized spacial score (nSPS) is 20.0. The van der Waals surface area contributed by atoms with E-state index >= 15 is 0 Å². The highest BCUT2D eigenvalue weighted by molar-refractivity contribution is 5.50. The summed E-state index contributed by atoms with van der Waals surface area (Å²) in [6.07, 6.45) is 0.523. The van der Waals surface area contributed by atoms with Crippen LogP contribution in [0.5, 0.6) is 11.5 Å². The Morgan fingerprint density at radius 1 is 1.33 bits per heavy atom. The van der Waals surface area contributed by atoms with Crippen LogP contribution in [-0.2, 0) is 0 Å². The van der Waals surface area contributed by atoms with Crippen LogP contribution in [0.4, 0.5) is 5.69 Å². The number of hydrogen-bond acceptors (Lipinski definition) is 5. The lowest BCUT2D eigenvalue weighted by atomic mass is 10.2. The van der Waals surface area contributed by atoms with E-state index in [4.69, 9.17) is 15.2 Å². The molecule has 2 rings (SSSR count). The number of nitro benzene ring substituents is 1. The molecule has 0 radical (unpaired) electrons. The average molecular weight is 254 g/mol. The smallest absolute Gasteiger partial charge is 0.273 e. The van der Waals surface area contributed by atoms with E-state index in [9.17, 15) is 10.1 Å². The molecule has 100 valence electrons. The standard InChI is InChI=1S/C10H12N2O4.C2H6/c1-10(4-5-11)15-8-3-2-7(12(13)14)6-9(8)16-10;1-2/h2-3,6H,4-5,11H2,1H3;1-2H3. The maximum Gasteiger partial charge on any atom is 0.273 e. The van der Waals surface area contributed by atoms with Gasteiger partial charge in [0.2, 0.25) is 5.79 Å². The first-order valence-electron chi connectivity index (χ1n) is 5.91. The zero-order chi connectivity index (χ0) is 13.8. The molecule has 6 nitrogen and oxygen atoms in total. The molecule has 1 atom stereocenters. The number of benzene rings is 1. The van der Waals surface area contributed by atoms with Crippen molar-refractivity contribution in [3.05, 3.63) is 28.3 Å². The minimum absolute atomic E-state index is 0.0145. The molecular weight excluding hydrogens is 236 g/mol. The monoisotopic (exact) mass is 254 g/mol. The Hall–Kier alpha value is -1.82. The van der Waals surface area contributed by atoms with Crippen LogP contribution in [0.25, 0.3) is 0 Å². The van der Waals surface area contributed by atoms with Crippen LogP contribution in [-0.4, -0.2) is 17.3 Å². The summed E-state index contributed by atoms with van der Waals surface area (Å²) in [6, 6.07) is 4.28. The second-order valence-corrected chi connectivity index (χ2v) is 3.76. The maximum atomic E-state index is 10.6. The summed E-state index contributed by atoms with van der Waals surface area (Å²) in [5.74, 6) is 0.0958. The fourth-order valence-corrected chi connectivity index (χ4v) is 1.62. The summed E-state index contributed by atoms with van der Waals surface area (Å²) >= 11 is 0. The van der Waals surface area contributed by atoms with Crippen molar-refractivity contribution in [3.8, 4) is 11.5 Å². The van der Waals surface area contributed by atoms with E-state index < -0.39 is 10.7 Å². The van der Waals surface area contributed by atoms with Crippen molar-refractivity contribution < 1.29 is 14.4 Å². The van der Waals surface area contributed by atoms with Gasteiger partial charge in [0, 0.05) is 19.4 Å². The summed E-state index contributed by atoms with van der Waals surface area (Å²) in [7, 11) is 0. The Morgan fingerprint density at radius 2 is 1.94 bits per heavy atom. The molecule has 0 saturated heterocycles. The molecule has 0 amide bonds. The van der Waals surface area contributed by atoms with Gasteiger partial charge in [-0.05, 0) is 12.6 Å². The molecule has 18 heavy (non-hydrogen) atoms. The van der Waals surface area contributed by atoms with E-state index in [0.717, 1.165) is 0 Å². The van der Waals surface area contributed by atoms with Gasteiger partial charge in [0.05, 0.1) is 11.0 Å². The maximum absolute atomic E-state index is 10.6. The van der Waals surface area contributed by atoms with Gasteiger partial charge in [0.15, 0.2) is 11.5 Å². The van der Waals surface area contributed by atoms with E-state index in [1.165, 1.54) is 18.2 Å². The Bertz CT molecular complexity index is 436. The van der Waals surface area contributed by atoms with Gasteiger partial charge >= 0.3 is 0 Å². The Kier molecular flexibility index (Phi) is 4.49. The minimum Gasteiger partial charge on any atom is -0.449 e. The number of ether oxygens (including phenoxy) is 2. The summed E-state index contributed by atoms with van der Waals surface area (Å²) in [5, 5.41) is 10.6. The molecule has 1 aromatic rings. The summed E-state index contributed by atoms with van der Waals surface area (Å²) in [5.41, 5.74) is 5.42. The first kappa shape index (κ1) is 14.2. The van der Waals surface area contributed by atoms with Crippen LogP contribution in [0.15, 0.2) is 18.2 Å². The lowest BCUT2D eigenvalue weighted by Gasteiger charge is -2.21. The molecule has 0 aliphatic carbocycles. The Balaban J connectivity index is 0.000000771. The molecule has 0 bridgehead atoms. The summed E-state index contributed by atoms with van der Waals surface area (Å²) < 4.78 is 11.1. The van der Waals surface area contributed by atoms with Gasteiger partial charge in [0.1, 0.15) is 0 Å². The predicted molar refractivity (Wildman–Crippen MR) is 67.8 cm³/mol. The number of nitrogens with zero attached hydrogens (tertiary/aromatic N) is 1. The molecule has 1 aliphatic heterocycles. The molecule has 0 saturated carbocycles. The minimum atomic E-state index is -0.813. The van der Waals surface area contributed by atoms with Gasteiger partial charge in [-0.15, -0.1) is 0 Å². The third-order valence-electron chi connectivity index (χ3n) is 2.39. The van der Waals surface area contributed by atoms with Gasteiger partial charge in [-0.3, -0.25) is 10.1 Å². The number of rotatable bonds is 3. The predicted octanol–water partition coefficient (Wildman–Crippen LogP) is 2.46. The molecule has 6 heteroatoms. The zero-order valence-corrected chi connectivity index (χ0v) is 10.8. The largest absolute Gasteiger partial charge is 0.449 e. The van der Waals surface area contributed by atoms with Gasteiger partial charge in [-0.2, -0.15) is 0 Å². The van der Waals surface area contributed by atoms with Gasteiger partial charge in [0.25, 0.3) is 5.69 Å². The van der Waals surface area contributed by atoms with E-state index in [0.29, 0.717) is 24.5 Å². The van der Waals surface area contributed by atoms with Crippen molar-refractivity contribution in [2.24, 2.45) is 5.73 Å². The molecule has 0 aromatic heterocycles. The fourth-order valence-electron chi connectivity index (χ4n) is 1.62. The summed E-state index contributed by atoms with van der Waals surface area (Å²) in [4.78, 5) is 10.1. The van der Waals surface area contributed by atoms with Gasteiger partial charge < -0.3 is 15.2 Å². The average Bonchev–Trinajstić information content (AvgIpc) is 2.66. The zero-order valence-electron chi connectivity index (χ0n) is 10.8. The van der Waals surface area contributed by atoms with Gasteiger partial charge in [-0.25, -0.2) is 0 Å². The van der Waals surface area contributed by atoms with Crippen molar-refractivity contribution in [2.45, 2.75) is 33.0 Å². The second kappa shape index (κ2) is 5.68. The topological polar surface area (TPSA) is 87.6 Å². The Morgan fingerprint density at radius 3 is 2.50 bits per heavy atom. The third kappa shape index (κ3) is 2.89. The van der Waals surface area contributed by atoms with E-state index in [1.807, 2.05) is 13.8 Å². The number of nitrogens with two attached hydrogens (primary N) is 1. The van der Waals surface area contributed by atoms with Crippen LogP contribution in [0.1, 0.15) is 27.2 Å². The van der Waals surface area contributed by atoms with Crippen LogP contribution in [0, 0.1) is 10.1 Å². The number of non-ortho nitro benzene ring substituents is 1. The van der Waals surface area contributed by atoms with E-state index in [2.05, 4.69) is 0 Å². The molecule has 0 spiro atoms. The van der Waals surface area contributed by atoms with Crippen LogP contribution < -0.4 is 15.2 Å². The van der Waals surface area contributed by atoms with E-state index in [-0.39, 0.29) is 5.69 Å². The first-order chi connectivity index (χ1) is 8.54. The number of hydrogen-bond donors (Lipinski definition) is 1. The highest BCUT2D eigenvalue weighted by atomic mass is 16.7. The van der Waals surface area contributed by atoms with Crippen molar-refractivity contribution in [1.82, 2.24) is 0 Å². The highest BCUT2D eigenvalue weighted by Gasteiger charge is 2.36. The van der Waals surface area contributed by atoms with E-state index in [1.54, 1.807) is 6.92 Å². The van der Waals surface area contributed by atoms with Crippen molar-refractivity contribution in [2.75, 3.05) is 6.54 Å². The molecule has 1 unspecified atom stereocenters. The first-order valence-corrected chi connectivity index (χ1v) is 5.91. The molecular formula is C12H18N2O4.